The predicted octanol–water partition coefficient (Wildman–Crippen LogP) is 3.25. The van der Waals surface area contributed by atoms with Crippen LogP contribution < -0.4 is 0 Å². The van der Waals surface area contributed by atoms with E-state index in [0.29, 0.717) is 19.4 Å². The number of ketones is 1. The molecule has 2 nitrogen and oxygen atoms in total. The molecule has 0 radical (unpaired) electrons. The number of alkyl halides is 3. The first-order chi connectivity index (χ1) is 7.90. The summed E-state index contributed by atoms with van der Waals surface area (Å²) in [6, 6.07) is 0. The van der Waals surface area contributed by atoms with Crippen LogP contribution in [-0.4, -0.2) is 24.2 Å². The molecule has 2 fully saturated rings. The van der Waals surface area contributed by atoms with Gasteiger partial charge in [0.05, 0.1) is 5.60 Å². The van der Waals surface area contributed by atoms with E-state index in [1.807, 2.05) is 0 Å². The highest BCUT2D eigenvalue weighted by Gasteiger charge is 2.43. The van der Waals surface area contributed by atoms with Crippen LogP contribution in [0, 0.1) is 5.92 Å². The van der Waals surface area contributed by atoms with E-state index < -0.39 is 24.3 Å². The third-order valence-electron chi connectivity index (χ3n) is 3.84. The molecule has 1 aliphatic carbocycles. The summed E-state index contributed by atoms with van der Waals surface area (Å²) < 4.78 is 42.2. The van der Waals surface area contributed by atoms with Crippen LogP contribution in [0.15, 0.2) is 0 Å². The summed E-state index contributed by atoms with van der Waals surface area (Å²) in [5.41, 5.74) is -0.288. The van der Waals surface area contributed by atoms with Crippen LogP contribution in [0.2, 0.25) is 0 Å². The Hall–Kier alpha value is -0.580. The van der Waals surface area contributed by atoms with E-state index >= 15 is 0 Å². The molecular weight excluding hydrogens is 233 g/mol. The maximum Gasteiger partial charge on any atom is 0.395 e. The number of rotatable bonds is 2. The zero-order valence-electron chi connectivity index (χ0n) is 9.68. The average Bonchev–Trinajstić information content (AvgIpc) is 2.64. The predicted molar refractivity (Wildman–Crippen MR) is 55.6 cm³/mol. The second-order valence-electron chi connectivity index (χ2n) is 5.19. The van der Waals surface area contributed by atoms with E-state index in [-0.39, 0.29) is 5.60 Å². The number of carbonyl (C=O) groups is 1. The summed E-state index contributed by atoms with van der Waals surface area (Å²) in [6.07, 6.45) is -0.837. The molecule has 1 atom stereocenters. The number of ether oxygens (including phenoxy) is 1. The number of carbonyl (C=O) groups excluding carboxylic acids is 1. The monoisotopic (exact) mass is 250 g/mol. The summed E-state index contributed by atoms with van der Waals surface area (Å²) in [5.74, 6) is -1.12. The van der Waals surface area contributed by atoms with Crippen LogP contribution in [0.4, 0.5) is 13.2 Å². The highest BCUT2D eigenvalue weighted by atomic mass is 19.4. The molecule has 1 unspecified atom stereocenters. The van der Waals surface area contributed by atoms with Gasteiger partial charge < -0.3 is 4.74 Å². The van der Waals surface area contributed by atoms with Crippen LogP contribution >= 0.6 is 0 Å². The van der Waals surface area contributed by atoms with Crippen LogP contribution in [0.25, 0.3) is 0 Å². The molecule has 2 rings (SSSR count). The molecule has 0 aromatic carbocycles. The van der Waals surface area contributed by atoms with Gasteiger partial charge >= 0.3 is 6.18 Å². The Morgan fingerprint density at radius 1 is 1.29 bits per heavy atom. The number of hydrogen-bond acceptors (Lipinski definition) is 2. The standard InChI is InChI=1S/C12H17F3O2/c13-12(14,15)8-10(16)9-3-6-17-11(7-9)4-1-2-5-11/h9H,1-8H2. The van der Waals surface area contributed by atoms with Gasteiger partial charge in [0, 0.05) is 12.5 Å². The number of hydrogen-bond donors (Lipinski definition) is 0. The van der Waals surface area contributed by atoms with Crippen LogP contribution in [-0.2, 0) is 9.53 Å². The summed E-state index contributed by atoms with van der Waals surface area (Å²) in [5, 5.41) is 0. The Kier molecular flexibility index (Phi) is 3.48. The van der Waals surface area contributed by atoms with Crippen molar-refractivity contribution in [2.24, 2.45) is 5.92 Å². The third kappa shape index (κ3) is 3.21. The third-order valence-corrected chi connectivity index (χ3v) is 3.84. The Labute approximate surface area is 98.5 Å². The van der Waals surface area contributed by atoms with E-state index in [4.69, 9.17) is 4.74 Å². The van der Waals surface area contributed by atoms with Crippen molar-refractivity contribution in [2.75, 3.05) is 6.61 Å². The minimum atomic E-state index is -4.38. The maximum absolute atomic E-state index is 12.2. The maximum atomic E-state index is 12.2. The molecule has 1 saturated carbocycles. The average molecular weight is 250 g/mol. The Morgan fingerprint density at radius 2 is 1.94 bits per heavy atom. The molecule has 2 aliphatic rings. The molecule has 5 heteroatoms. The molecule has 0 aromatic heterocycles. The van der Waals surface area contributed by atoms with Crippen molar-refractivity contribution in [1.29, 1.82) is 0 Å². The summed E-state index contributed by atoms with van der Waals surface area (Å²) >= 11 is 0. The van der Waals surface area contributed by atoms with Crippen molar-refractivity contribution in [2.45, 2.75) is 56.7 Å². The molecule has 1 aliphatic heterocycles. The summed E-state index contributed by atoms with van der Waals surface area (Å²) in [4.78, 5) is 11.6. The van der Waals surface area contributed by atoms with Gasteiger partial charge in [0.2, 0.25) is 0 Å². The quantitative estimate of drug-likeness (QED) is 0.752. The first kappa shape index (κ1) is 12.9. The topological polar surface area (TPSA) is 26.3 Å². The number of Topliss-reactive ketones (excluding diaryl/α,β-unsaturated/α-hetero) is 1. The second kappa shape index (κ2) is 4.59. The van der Waals surface area contributed by atoms with Crippen molar-refractivity contribution in [3.05, 3.63) is 0 Å². The Balaban J connectivity index is 1.95. The molecule has 17 heavy (non-hydrogen) atoms. The lowest BCUT2D eigenvalue weighted by atomic mass is 9.81. The lowest BCUT2D eigenvalue weighted by Crippen LogP contribution is -2.40. The largest absolute Gasteiger partial charge is 0.395 e. The fourth-order valence-electron chi connectivity index (χ4n) is 3.01. The lowest BCUT2D eigenvalue weighted by Gasteiger charge is -2.37. The van der Waals surface area contributed by atoms with Gasteiger partial charge in [0.1, 0.15) is 12.2 Å². The van der Waals surface area contributed by atoms with Gasteiger partial charge in [-0.2, -0.15) is 13.2 Å². The number of halogens is 3. The van der Waals surface area contributed by atoms with Crippen LogP contribution in [0.1, 0.15) is 44.9 Å². The van der Waals surface area contributed by atoms with Gasteiger partial charge in [-0.05, 0) is 25.7 Å². The van der Waals surface area contributed by atoms with Gasteiger partial charge in [-0.15, -0.1) is 0 Å². The summed E-state index contributed by atoms with van der Waals surface area (Å²) in [6.45, 7) is 0.425. The highest BCUT2D eigenvalue weighted by Crippen LogP contribution is 2.42. The van der Waals surface area contributed by atoms with E-state index in [2.05, 4.69) is 0 Å². The van der Waals surface area contributed by atoms with E-state index in [0.717, 1.165) is 25.7 Å². The van der Waals surface area contributed by atoms with Gasteiger partial charge in [0.15, 0.2) is 0 Å². The zero-order valence-corrected chi connectivity index (χ0v) is 9.68. The second-order valence-corrected chi connectivity index (χ2v) is 5.19. The van der Waals surface area contributed by atoms with Gasteiger partial charge in [-0.25, -0.2) is 0 Å². The van der Waals surface area contributed by atoms with E-state index in [1.165, 1.54) is 0 Å². The van der Waals surface area contributed by atoms with E-state index in [9.17, 15) is 18.0 Å². The van der Waals surface area contributed by atoms with Gasteiger partial charge in [-0.3, -0.25) is 4.79 Å². The van der Waals surface area contributed by atoms with Gasteiger partial charge in [0.25, 0.3) is 0 Å². The minimum absolute atomic E-state index is 0.288. The first-order valence-corrected chi connectivity index (χ1v) is 6.14. The molecule has 0 aromatic rings. The van der Waals surface area contributed by atoms with Crippen LogP contribution in [0.5, 0.6) is 0 Å². The first-order valence-electron chi connectivity index (χ1n) is 6.14. The normalized spacial score (nSPS) is 28.5. The zero-order chi connectivity index (χ0) is 12.5. The molecule has 98 valence electrons. The Morgan fingerprint density at radius 3 is 2.53 bits per heavy atom. The van der Waals surface area contributed by atoms with Crippen LogP contribution in [0.3, 0.4) is 0 Å². The van der Waals surface area contributed by atoms with Crippen molar-refractivity contribution in [1.82, 2.24) is 0 Å². The van der Waals surface area contributed by atoms with Crippen molar-refractivity contribution < 1.29 is 22.7 Å². The fraction of sp³-hybridized carbons (Fsp3) is 0.917. The lowest BCUT2D eigenvalue weighted by molar-refractivity contribution is -0.162. The highest BCUT2D eigenvalue weighted by molar-refractivity contribution is 5.81. The molecule has 1 heterocycles. The molecule has 0 bridgehead atoms. The molecule has 1 spiro atoms. The molecule has 0 N–H and O–H groups in total. The van der Waals surface area contributed by atoms with Crippen molar-refractivity contribution >= 4 is 5.78 Å². The molecular formula is C12H17F3O2. The van der Waals surface area contributed by atoms with Crippen molar-refractivity contribution in [3.63, 3.8) is 0 Å². The van der Waals surface area contributed by atoms with Crippen molar-refractivity contribution in [3.8, 4) is 0 Å². The van der Waals surface area contributed by atoms with Gasteiger partial charge in [-0.1, -0.05) is 12.8 Å². The van der Waals surface area contributed by atoms with E-state index in [1.54, 1.807) is 0 Å². The fourth-order valence-corrected chi connectivity index (χ4v) is 3.01. The molecule has 1 saturated heterocycles. The minimum Gasteiger partial charge on any atom is -0.375 e. The SMILES string of the molecule is O=C(CC(F)(F)F)C1CCOC2(CCCC2)C1. The smallest absolute Gasteiger partial charge is 0.375 e. The molecule has 0 amide bonds. The summed E-state index contributed by atoms with van der Waals surface area (Å²) in [7, 11) is 0. The Bertz CT molecular complexity index is 293.